The lowest BCUT2D eigenvalue weighted by Crippen LogP contribution is -2.51. The summed E-state index contributed by atoms with van der Waals surface area (Å²) in [5.74, 6) is 0.449. The van der Waals surface area contributed by atoms with Crippen molar-refractivity contribution in [2.24, 2.45) is 33.7 Å². The van der Waals surface area contributed by atoms with Crippen LogP contribution in [0.25, 0.3) is 0 Å². The van der Waals surface area contributed by atoms with Gasteiger partial charge in [-0.1, -0.05) is 24.6 Å². The number of carbonyl (C=O) groups excluding carboxylic acids is 1. The summed E-state index contributed by atoms with van der Waals surface area (Å²) in [4.78, 5) is 27.2. The number of hydrogen-bond acceptors (Lipinski definition) is 5. The molecule has 0 saturated heterocycles. The summed E-state index contributed by atoms with van der Waals surface area (Å²) in [5.41, 5.74) is 2.61. The molecule has 7 heteroatoms. The van der Waals surface area contributed by atoms with Crippen LogP contribution in [0.2, 0.25) is 0 Å². The van der Waals surface area contributed by atoms with Crippen molar-refractivity contribution in [1.82, 2.24) is 5.32 Å². The van der Waals surface area contributed by atoms with Gasteiger partial charge in [0.2, 0.25) is 0 Å². The van der Waals surface area contributed by atoms with Crippen LogP contribution in [-0.2, 0) is 14.4 Å². The van der Waals surface area contributed by atoms with Crippen LogP contribution in [-0.4, -0.2) is 47.1 Å². The Morgan fingerprint density at radius 1 is 1.17 bits per heavy atom. The highest BCUT2D eigenvalue weighted by Crippen LogP contribution is 2.65. The second-order valence-corrected chi connectivity index (χ2v) is 10.2. The van der Waals surface area contributed by atoms with Crippen molar-refractivity contribution in [2.45, 2.75) is 71.3 Å². The van der Waals surface area contributed by atoms with Crippen LogP contribution in [0.1, 0.15) is 65.2 Å². The molecule has 3 saturated carbocycles. The average molecular weight is 419 g/mol. The SMILES string of the molecule is C[C@]12CC[C@H]3[C@@H](CCC4=C/C(=N\OCC(=O)NCC(=O)O)CC[C@@]43C)[C@@H]1CC[C@@H]2O. The van der Waals surface area contributed by atoms with Gasteiger partial charge in [0.15, 0.2) is 6.61 Å². The first-order valence-electron chi connectivity index (χ1n) is 11.3. The van der Waals surface area contributed by atoms with E-state index >= 15 is 0 Å². The van der Waals surface area contributed by atoms with Gasteiger partial charge in [0, 0.05) is 0 Å². The molecule has 1 amide bonds. The molecule has 7 nitrogen and oxygen atoms in total. The first-order valence-corrected chi connectivity index (χ1v) is 11.3. The first-order chi connectivity index (χ1) is 14.2. The van der Waals surface area contributed by atoms with Crippen molar-refractivity contribution < 1.29 is 24.6 Å². The highest BCUT2D eigenvalue weighted by Gasteiger charge is 2.58. The van der Waals surface area contributed by atoms with Crippen molar-refractivity contribution in [3.05, 3.63) is 11.6 Å². The predicted molar refractivity (Wildman–Crippen MR) is 112 cm³/mol. The predicted octanol–water partition coefficient (Wildman–Crippen LogP) is 2.88. The molecule has 166 valence electrons. The van der Waals surface area contributed by atoms with Gasteiger partial charge in [-0.2, -0.15) is 0 Å². The summed E-state index contributed by atoms with van der Waals surface area (Å²) in [5, 5.41) is 25.6. The van der Waals surface area contributed by atoms with Gasteiger partial charge in [-0.3, -0.25) is 9.59 Å². The van der Waals surface area contributed by atoms with Crippen molar-refractivity contribution in [3.8, 4) is 0 Å². The van der Waals surface area contributed by atoms with E-state index in [1.54, 1.807) is 0 Å². The minimum Gasteiger partial charge on any atom is -0.480 e. The molecule has 0 aromatic heterocycles. The molecule has 30 heavy (non-hydrogen) atoms. The molecule has 0 aromatic carbocycles. The van der Waals surface area contributed by atoms with Crippen molar-refractivity contribution in [1.29, 1.82) is 0 Å². The zero-order valence-electron chi connectivity index (χ0n) is 18.0. The number of nitrogens with zero attached hydrogens (tertiary/aromatic N) is 1. The molecule has 3 fully saturated rings. The van der Waals surface area contributed by atoms with E-state index in [0.29, 0.717) is 17.8 Å². The van der Waals surface area contributed by atoms with Gasteiger partial charge in [0.25, 0.3) is 5.91 Å². The van der Waals surface area contributed by atoms with E-state index in [-0.39, 0.29) is 23.5 Å². The number of hydrogen-bond donors (Lipinski definition) is 3. The fourth-order valence-electron chi connectivity index (χ4n) is 7.01. The highest BCUT2D eigenvalue weighted by molar-refractivity contribution is 5.96. The van der Waals surface area contributed by atoms with Crippen molar-refractivity contribution in [3.63, 3.8) is 0 Å². The lowest BCUT2D eigenvalue weighted by Gasteiger charge is -2.57. The summed E-state index contributed by atoms with van der Waals surface area (Å²) in [6.07, 6.45) is 10.6. The maximum absolute atomic E-state index is 11.6. The van der Waals surface area contributed by atoms with Gasteiger partial charge in [0.1, 0.15) is 6.54 Å². The number of aliphatic hydroxyl groups excluding tert-OH is 1. The van der Waals surface area contributed by atoms with E-state index in [4.69, 9.17) is 9.94 Å². The number of amides is 1. The van der Waals surface area contributed by atoms with E-state index in [2.05, 4.69) is 30.4 Å². The molecule has 0 aromatic rings. The van der Waals surface area contributed by atoms with Gasteiger partial charge in [0.05, 0.1) is 11.8 Å². The first kappa shape index (κ1) is 21.3. The Balaban J connectivity index is 1.41. The molecule has 0 heterocycles. The molecule has 4 aliphatic rings. The number of rotatable bonds is 5. The fraction of sp³-hybridized carbons (Fsp3) is 0.783. The summed E-state index contributed by atoms with van der Waals surface area (Å²) < 4.78 is 0. The van der Waals surface area contributed by atoms with Gasteiger partial charge in [-0.25, -0.2) is 0 Å². The zero-order chi connectivity index (χ0) is 21.5. The van der Waals surface area contributed by atoms with E-state index in [1.807, 2.05) is 0 Å². The molecule has 0 unspecified atom stereocenters. The molecule has 3 N–H and O–H groups in total. The molecule has 4 rings (SSSR count). The Bertz CT molecular complexity index is 778. The van der Waals surface area contributed by atoms with E-state index in [0.717, 1.165) is 37.8 Å². The average Bonchev–Trinajstić information content (AvgIpc) is 3.01. The number of carboxylic acid groups (broad SMARTS) is 1. The Morgan fingerprint density at radius 2 is 1.97 bits per heavy atom. The van der Waals surface area contributed by atoms with Crippen LogP contribution in [0.15, 0.2) is 16.8 Å². The number of nitrogens with one attached hydrogen (secondary N) is 1. The van der Waals surface area contributed by atoms with Crippen LogP contribution in [0.5, 0.6) is 0 Å². The third-order valence-electron chi connectivity index (χ3n) is 8.74. The second kappa shape index (κ2) is 7.98. The zero-order valence-corrected chi connectivity index (χ0v) is 18.0. The van der Waals surface area contributed by atoms with Gasteiger partial charge in [-0.05, 0) is 86.0 Å². The summed E-state index contributed by atoms with van der Waals surface area (Å²) in [6, 6.07) is 0. The van der Waals surface area contributed by atoms with Crippen LogP contribution >= 0.6 is 0 Å². The lowest BCUT2D eigenvalue weighted by molar-refractivity contribution is -0.138. The van der Waals surface area contributed by atoms with E-state index in [1.165, 1.54) is 24.8 Å². The van der Waals surface area contributed by atoms with Gasteiger partial charge >= 0.3 is 5.97 Å². The van der Waals surface area contributed by atoms with Crippen LogP contribution in [0.3, 0.4) is 0 Å². The minimum absolute atomic E-state index is 0.106. The number of aliphatic carboxylic acids is 1. The third-order valence-corrected chi connectivity index (χ3v) is 8.74. The second-order valence-electron chi connectivity index (χ2n) is 10.2. The number of carbonyl (C=O) groups is 2. The van der Waals surface area contributed by atoms with Crippen LogP contribution < -0.4 is 5.32 Å². The van der Waals surface area contributed by atoms with Crippen molar-refractivity contribution >= 4 is 17.6 Å². The minimum atomic E-state index is -1.09. The maximum Gasteiger partial charge on any atom is 0.322 e. The Hall–Kier alpha value is -1.89. The highest BCUT2D eigenvalue weighted by atomic mass is 16.6. The Labute approximate surface area is 177 Å². The third kappa shape index (κ3) is 3.66. The standard InChI is InChI=1S/C23H34N2O5/c1-22-9-7-15(25-30-13-20(27)24-12-21(28)29)11-14(22)3-4-16-17-5-6-19(26)23(17,2)10-8-18(16)22/h11,16-19,26H,3-10,12-13H2,1-2H3,(H,24,27)(H,28,29)/b25-15-/t16-,17-,18-,19-,22-,23-/m0/s1. The Kier molecular flexibility index (Phi) is 5.68. The number of allylic oxidation sites excluding steroid dienone is 2. The number of aliphatic hydroxyl groups is 1. The van der Waals surface area contributed by atoms with Gasteiger partial charge < -0.3 is 20.4 Å². The molecule has 4 aliphatic carbocycles. The molecule has 0 spiro atoms. The lowest BCUT2D eigenvalue weighted by atomic mass is 9.47. The summed E-state index contributed by atoms with van der Waals surface area (Å²) in [7, 11) is 0. The molecule has 0 aliphatic heterocycles. The smallest absolute Gasteiger partial charge is 0.322 e. The number of fused-ring (bicyclic) bond motifs is 5. The largest absolute Gasteiger partial charge is 0.480 e. The topological polar surface area (TPSA) is 108 Å². The molecular weight excluding hydrogens is 384 g/mol. The fourth-order valence-corrected chi connectivity index (χ4v) is 7.01. The quantitative estimate of drug-likeness (QED) is 0.595. The molecule has 6 atom stereocenters. The van der Waals surface area contributed by atoms with E-state index < -0.39 is 18.4 Å². The van der Waals surface area contributed by atoms with E-state index in [9.17, 15) is 14.7 Å². The van der Waals surface area contributed by atoms with Crippen LogP contribution in [0, 0.1) is 28.6 Å². The normalized spacial score (nSPS) is 41.3. The van der Waals surface area contributed by atoms with Crippen molar-refractivity contribution in [2.75, 3.05) is 13.2 Å². The number of oxime groups is 1. The van der Waals surface area contributed by atoms with Crippen LogP contribution in [0.4, 0.5) is 0 Å². The Morgan fingerprint density at radius 3 is 2.73 bits per heavy atom. The summed E-state index contributed by atoms with van der Waals surface area (Å²) >= 11 is 0. The monoisotopic (exact) mass is 418 g/mol. The summed E-state index contributed by atoms with van der Waals surface area (Å²) in [6.45, 7) is 4.04. The molecule has 0 bridgehead atoms. The number of carboxylic acids is 1. The molecular formula is C23H34N2O5. The van der Waals surface area contributed by atoms with Gasteiger partial charge in [-0.15, -0.1) is 0 Å². The maximum atomic E-state index is 11.6. The molecule has 0 radical (unpaired) electrons.